The van der Waals surface area contributed by atoms with Gasteiger partial charge in [0.05, 0.1) is 32.2 Å². The molecule has 2 aromatic heterocycles. The van der Waals surface area contributed by atoms with Crippen LogP contribution in [0.1, 0.15) is 38.7 Å². The number of nitrogens with two attached hydrogens (primary N) is 2. The van der Waals surface area contributed by atoms with Gasteiger partial charge in [-0.1, -0.05) is 18.2 Å². The van der Waals surface area contributed by atoms with Crippen LogP contribution in [0.3, 0.4) is 0 Å². The molecule has 0 saturated heterocycles. The number of aromatic amines is 1. The lowest BCUT2D eigenvalue weighted by atomic mass is 10.0. The molecule has 0 bridgehead atoms. The van der Waals surface area contributed by atoms with Gasteiger partial charge >= 0.3 is 5.97 Å². The number of primary amides is 1. The first-order chi connectivity index (χ1) is 19.7. The minimum Gasteiger partial charge on any atom is -0.497 e. The first-order valence-corrected chi connectivity index (χ1v) is 13.1. The van der Waals surface area contributed by atoms with Gasteiger partial charge in [0.15, 0.2) is 5.69 Å². The van der Waals surface area contributed by atoms with Crippen molar-refractivity contribution < 1.29 is 33.4 Å². The Kier molecular flexibility index (Phi) is 8.72. The summed E-state index contributed by atoms with van der Waals surface area (Å²) in [5, 5.41) is 3.21. The highest BCUT2D eigenvalue weighted by atomic mass is 32.1. The van der Waals surface area contributed by atoms with Crippen molar-refractivity contribution >= 4 is 57.5 Å². The first-order valence-electron chi connectivity index (χ1n) is 12.3. The minimum atomic E-state index is -1.37. The van der Waals surface area contributed by atoms with Crippen molar-refractivity contribution in [3.05, 3.63) is 64.8 Å². The molecule has 0 unspecified atom stereocenters. The van der Waals surface area contributed by atoms with Gasteiger partial charge in [0.2, 0.25) is 5.91 Å². The Morgan fingerprint density at radius 3 is 2.54 bits per heavy atom. The van der Waals surface area contributed by atoms with Crippen LogP contribution in [-0.2, 0) is 14.3 Å². The lowest BCUT2D eigenvalue weighted by Crippen LogP contribution is -2.45. The van der Waals surface area contributed by atoms with E-state index in [0.717, 1.165) is 0 Å². The molecular formula is C27H28N6O7S. The van der Waals surface area contributed by atoms with Gasteiger partial charge in [-0.15, -0.1) is 0 Å². The monoisotopic (exact) mass is 580 g/mol. The molecule has 1 atom stereocenters. The summed E-state index contributed by atoms with van der Waals surface area (Å²) in [6.45, 7) is 1.33. The summed E-state index contributed by atoms with van der Waals surface area (Å²) in [6, 6.07) is 10.5. The summed E-state index contributed by atoms with van der Waals surface area (Å²) in [6.07, 6.45) is 1.60. The van der Waals surface area contributed by atoms with Crippen molar-refractivity contribution in [2.45, 2.75) is 13.0 Å². The zero-order valence-electron chi connectivity index (χ0n) is 22.4. The number of anilines is 2. The van der Waals surface area contributed by atoms with Gasteiger partial charge < -0.3 is 36.0 Å². The molecule has 14 heteroatoms. The molecule has 0 spiro atoms. The smallest absolute Gasteiger partial charge is 0.325 e. The molecule has 3 amide bonds. The van der Waals surface area contributed by atoms with E-state index in [1.54, 1.807) is 43.5 Å². The van der Waals surface area contributed by atoms with Gasteiger partial charge in [-0.2, -0.15) is 4.37 Å². The molecule has 2 heterocycles. The Labute approximate surface area is 238 Å². The van der Waals surface area contributed by atoms with Gasteiger partial charge in [-0.05, 0) is 36.7 Å². The predicted octanol–water partition coefficient (Wildman–Crippen LogP) is 2.39. The lowest BCUT2D eigenvalue weighted by molar-refractivity contribution is -0.143. The number of carbonyl (C=O) groups is 4. The van der Waals surface area contributed by atoms with Crippen LogP contribution in [-0.4, -0.2) is 60.4 Å². The number of ether oxygens (including phenoxy) is 3. The number of benzene rings is 2. The van der Waals surface area contributed by atoms with Crippen LogP contribution in [0, 0.1) is 0 Å². The van der Waals surface area contributed by atoms with Crippen LogP contribution >= 0.6 is 11.5 Å². The van der Waals surface area contributed by atoms with Gasteiger partial charge in [-0.25, -0.2) is 0 Å². The maximum atomic E-state index is 14.3. The Morgan fingerprint density at radius 1 is 1.12 bits per heavy atom. The maximum absolute atomic E-state index is 14.3. The zero-order chi connectivity index (χ0) is 29.7. The molecule has 214 valence electrons. The van der Waals surface area contributed by atoms with E-state index < -0.39 is 36.3 Å². The third-order valence-electron chi connectivity index (χ3n) is 6.16. The number of hydrogen-bond acceptors (Lipinski definition) is 10. The molecule has 41 heavy (non-hydrogen) atoms. The topological polar surface area (TPSA) is 192 Å². The van der Waals surface area contributed by atoms with E-state index in [2.05, 4.69) is 14.7 Å². The summed E-state index contributed by atoms with van der Waals surface area (Å²) in [5.74, 6) is -2.41. The average Bonchev–Trinajstić information content (AvgIpc) is 3.57. The van der Waals surface area contributed by atoms with Crippen LogP contribution in [0.15, 0.2) is 48.7 Å². The molecule has 0 aliphatic rings. The lowest BCUT2D eigenvalue weighted by Gasteiger charge is -2.32. The number of nitrogen functional groups attached to an aromatic ring is 1. The maximum Gasteiger partial charge on any atom is 0.325 e. The predicted molar refractivity (Wildman–Crippen MR) is 152 cm³/mol. The van der Waals surface area contributed by atoms with Crippen LogP contribution in [0.5, 0.6) is 11.5 Å². The van der Waals surface area contributed by atoms with Crippen molar-refractivity contribution in [2.75, 3.05) is 38.0 Å². The van der Waals surface area contributed by atoms with E-state index in [1.807, 2.05) is 12.1 Å². The van der Waals surface area contributed by atoms with Crippen LogP contribution < -0.4 is 31.2 Å². The highest BCUT2D eigenvalue weighted by Gasteiger charge is 2.38. The second-order valence-corrected chi connectivity index (χ2v) is 9.34. The van der Waals surface area contributed by atoms with Crippen molar-refractivity contribution in [1.29, 1.82) is 0 Å². The average molecular weight is 581 g/mol. The van der Waals surface area contributed by atoms with E-state index in [4.69, 9.17) is 25.7 Å². The number of nitrogens with one attached hydrogen (secondary N) is 2. The largest absolute Gasteiger partial charge is 0.497 e. The standard InChI is InChI=1S/C27H28N6O7S/c1-4-40-20(34)13-31-26(36)23(16-12-30-17-8-6-5-7-15(16)17)33(18-10-9-14(38-2)11-19(18)39-3)27(37)24-21(28)22(25(29)35)32-41-24/h5-12,23,30H,4,13,28H2,1-3H3,(H2,29,35)(H,31,36)/t23-/m0/s1. The van der Waals surface area contributed by atoms with Crippen LogP contribution in [0.25, 0.3) is 10.9 Å². The number of amides is 3. The van der Waals surface area contributed by atoms with Crippen molar-refractivity contribution in [2.24, 2.45) is 5.73 Å². The van der Waals surface area contributed by atoms with E-state index >= 15 is 0 Å². The number of carbonyl (C=O) groups excluding carboxylic acids is 4. The van der Waals surface area contributed by atoms with Gasteiger partial charge in [-0.3, -0.25) is 24.1 Å². The van der Waals surface area contributed by atoms with Crippen LogP contribution in [0.4, 0.5) is 11.4 Å². The van der Waals surface area contributed by atoms with E-state index in [-0.39, 0.29) is 34.3 Å². The SMILES string of the molecule is CCOC(=O)CNC(=O)[C@H](c1c[nH]c2ccccc12)N(C(=O)c1snc(C(N)=O)c1N)c1ccc(OC)cc1OC. The molecule has 0 aliphatic carbocycles. The highest BCUT2D eigenvalue weighted by Crippen LogP contribution is 2.41. The Hall–Kier alpha value is -5.11. The summed E-state index contributed by atoms with van der Waals surface area (Å²) in [7, 11) is 2.87. The molecule has 0 aliphatic heterocycles. The summed E-state index contributed by atoms with van der Waals surface area (Å²) < 4.78 is 19.8. The van der Waals surface area contributed by atoms with Crippen molar-refractivity contribution in [3.8, 4) is 11.5 Å². The summed E-state index contributed by atoms with van der Waals surface area (Å²) >= 11 is 0.665. The van der Waals surface area contributed by atoms with E-state index in [1.165, 1.54) is 19.1 Å². The fourth-order valence-corrected chi connectivity index (χ4v) is 5.02. The van der Waals surface area contributed by atoms with E-state index in [9.17, 15) is 19.2 Å². The highest BCUT2D eigenvalue weighted by molar-refractivity contribution is 7.09. The summed E-state index contributed by atoms with van der Waals surface area (Å²) in [5.41, 5.74) is 12.3. The second kappa shape index (κ2) is 12.4. The minimum absolute atomic E-state index is 0.125. The first kappa shape index (κ1) is 28.9. The molecule has 6 N–H and O–H groups in total. The fourth-order valence-electron chi connectivity index (χ4n) is 4.27. The number of hydrogen-bond donors (Lipinski definition) is 4. The molecule has 13 nitrogen and oxygen atoms in total. The van der Waals surface area contributed by atoms with E-state index in [0.29, 0.717) is 33.7 Å². The zero-order valence-corrected chi connectivity index (χ0v) is 23.2. The molecule has 0 saturated carbocycles. The quantitative estimate of drug-likeness (QED) is 0.193. The molecule has 4 rings (SSSR count). The fraction of sp³-hybridized carbons (Fsp3) is 0.222. The molecule has 2 aromatic carbocycles. The number of esters is 1. The van der Waals surface area contributed by atoms with Gasteiger partial charge in [0.25, 0.3) is 11.8 Å². The number of aromatic nitrogens is 2. The summed E-state index contributed by atoms with van der Waals surface area (Å²) in [4.78, 5) is 56.4. The normalized spacial score (nSPS) is 11.5. The molecular weight excluding hydrogens is 552 g/mol. The second-order valence-electron chi connectivity index (χ2n) is 8.57. The van der Waals surface area contributed by atoms with Crippen molar-refractivity contribution in [3.63, 3.8) is 0 Å². The Bertz CT molecular complexity index is 1610. The van der Waals surface area contributed by atoms with Gasteiger partial charge in [0.1, 0.15) is 29.0 Å². The number of nitrogens with zero attached hydrogens (tertiary/aromatic N) is 2. The number of methoxy groups -OCH3 is 2. The Balaban J connectivity index is 1.96. The number of fused-ring (bicyclic) bond motifs is 1. The number of H-pyrrole nitrogens is 1. The molecule has 4 aromatic rings. The van der Waals surface area contributed by atoms with Crippen LogP contribution in [0.2, 0.25) is 0 Å². The number of para-hydroxylation sites is 1. The Morgan fingerprint density at radius 2 is 1.88 bits per heavy atom. The van der Waals surface area contributed by atoms with Crippen molar-refractivity contribution in [1.82, 2.24) is 14.7 Å². The third-order valence-corrected chi connectivity index (χ3v) is 7.01. The third kappa shape index (κ3) is 5.77. The van der Waals surface area contributed by atoms with Gasteiger partial charge in [0, 0.05) is 28.7 Å². The molecule has 0 fully saturated rings. The molecule has 0 radical (unpaired) electrons. The number of rotatable bonds is 11.